The van der Waals surface area contributed by atoms with Gasteiger partial charge in [0.2, 0.25) is 0 Å². The highest BCUT2D eigenvalue weighted by atomic mass is 16.5. The maximum atomic E-state index is 12.5. The third-order valence-corrected chi connectivity index (χ3v) is 4.83. The highest BCUT2D eigenvalue weighted by Crippen LogP contribution is 2.24. The molecule has 0 amide bonds. The van der Waals surface area contributed by atoms with Crippen LogP contribution in [0.3, 0.4) is 0 Å². The zero-order chi connectivity index (χ0) is 14.8. The van der Waals surface area contributed by atoms with Crippen LogP contribution in [0, 0.1) is 0 Å². The Morgan fingerprint density at radius 3 is 2.76 bits per heavy atom. The van der Waals surface area contributed by atoms with E-state index in [-0.39, 0.29) is 5.78 Å². The van der Waals surface area contributed by atoms with E-state index >= 15 is 0 Å². The Balaban J connectivity index is 1.63. The molecule has 2 fully saturated rings. The van der Waals surface area contributed by atoms with Gasteiger partial charge in [-0.15, -0.1) is 0 Å². The molecule has 2 heterocycles. The third-order valence-electron chi connectivity index (χ3n) is 4.83. The number of rotatable bonds is 4. The van der Waals surface area contributed by atoms with Crippen LogP contribution in [0.1, 0.15) is 30.1 Å². The molecule has 2 aliphatic rings. The maximum Gasteiger partial charge on any atom is 0.176 e. The van der Waals surface area contributed by atoms with Crippen LogP contribution >= 0.6 is 0 Å². The average molecular weight is 288 g/mol. The minimum atomic E-state index is 0.205. The fourth-order valence-electron chi connectivity index (χ4n) is 3.52. The molecular formula is C17H24N2O2. The van der Waals surface area contributed by atoms with Gasteiger partial charge in [-0.05, 0) is 50.6 Å². The molecule has 0 bridgehead atoms. The van der Waals surface area contributed by atoms with E-state index in [0.717, 1.165) is 24.4 Å². The van der Waals surface area contributed by atoms with Crippen LogP contribution in [0.25, 0.3) is 0 Å². The summed E-state index contributed by atoms with van der Waals surface area (Å²) in [5, 5.41) is 0. The molecule has 4 nitrogen and oxygen atoms in total. The van der Waals surface area contributed by atoms with E-state index in [1.54, 1.807) is 7.11 Å². The molecule has 0 spiro atoms. The quantitative estimate of drug-likeness (QED) is 0.794. The number of Topliss-reactive ketones (excluding diaryl/α,β-unsaturated/α-hetero) is 1. The molecule has 1 aromatic rings. The van der Waals surface area contributed by atoms with E-state index < -0.39 is 0 Å². The number of benzene rings is 1. The second-order valence-electron chi connectivity index (χ2n) is 6.22. The number of ketones is 1. The lowest BCUT2D eigenvalue weighted by molar-refractivity contribution is 0.0535. The van der Waals surface area contributed by atoms with Crippen molar-refractivity contribution in [1.29, 1.82) is 0 Å². The summed E-state index contributed by atoms with van der Waals surface area (Å²) in [6.07, 6.45) is 2.58. The Morgan fingerprint density at radius 2 is 2.05 bits per heavy atom. The van der Waals surface area contributed by atoms with E-state index in [9.17, 15) is 4.79 Å². The van der Waals surface area contributed by atoms with Gasteiger partial charge in [0, 0.05) is 30.7 Å². The molecule has 3 rings (SSSR count). The van der Waals surface area contributed by atoms with Crippen molar-refractivity contribution < 1.29 is 9.53 Å². The number of carbonyl (C=O) groups excluding carboxylic acids is 1. The standard InChI is InChI=1S/C17H24N2O2/c1-13-10-18-9-3-4-15(18)11-19(13)12-17(20)14-5-7-16(21-2)8-6-14/h5-8,13,15H,3-4,9-12H2,1-2H3. The first kappa shape index (κ1) is 14.5. The second-order valence-corrected chi connectivity index (χ2v) is 6.22. The molecule has 0 radical (unpaired) electrons. The van der Waals surface area contributed by atoms with E-state index in [1.165, 1.54) is 19.4 Å². The maximum absolute atomic E-state index is 12.5. The number of nitrogens with zero attached hydrogens (tertiary/aromatic N) is 2. The van der Waals surface area contributed by atoms with Crippen molar-refractivity contribution in [2.75, 3.05) is 33.3 Å². The lowest BCUT2D eigenvalue weighted by atomic mass is 10.1. The van der Waals surface area contributed by atoms with Crippen LogP contribution in [-0.4, -0.2) is 61.0 Å². The zero-order valence-corrected chi connectivity index (χ0v) is 12.9. The number of carbonyl (C=O) groups is 1. The average Bonchev–Trinajstić information content (AvgIpc) is 2.94. The number of fused-ring (bicyclic) bond motifs is 1. The van der Waals surface area contributed by atoms with Gasteiger partial charge in [0.15, 0.2) is 5.78 Å². The first-order chi connectivity index (χ1) is 10.2. The summed E-state index contributed by atoms with van der Waals surface area (Å²) >= 11 is 0. The first-order valence-corrected chi connectivity index (χ1v) is 7.82. The first-order valence-electron chi connectivity index (χ1n) is 7.82. The Bertz CT molecular complexity index is 500. The van der Waals surface area contributed by atoms with Crippen molar-refractivity contribution in [2.45, 2.75) is 31.8 Å². The molecule has 2 unspecified atom stereocenters. The minimum absolute atomic E-state index is 0.205. The predicted octanol–water partition coefficient (Wildman–Crippen LogP) is 2.05. The van der Waals surface area contributed by atoms with Gasteiger partial charge in [0.05, 0.1) is 13.7 Å². The smallest absolute Gasteiger partial charge is 0.176 e. The van der Waals surface area contributed by atoms with E-state index in [0.29, 0.717) is 18.6 Å². The normalized spacial score (nSPS) is 26.6. The van der Waals surface area contributed by atoms with Gasteiger partial charge >= 0.3 is 0 Å². The molecule has 2 aliphatic heterocycles. The largest absolute Gasteiger partial charge is 0.497 e. The number of hydrogen-bond acceptors (Lipinski definition) is 4. The molecule has 114 valence electrons. The van der Waals surface area contributed by atoms with Crippen LogP contribution in [0.4, 0.5) is 0 Å². The number of piperazine rings is 1. The van der Waals surface area contributed by atoms with Crippen LogP contribution in [-0.2, 0) is 0 Å². The predicted molar refractivity (Wildman–Crippen MR) is 83.0 cm³/mol. The lowest BCUT2D eigenvalue weighted by Crippen LogP contribution is -2.55. The third kappa shape index (κ3) is 3.11. The van der Waals surface area contributed by atoms with Gasteiger partial charge in [0.1, 0.15) is 5.75 Å². The van der Waals surface area contributed by atoms with Crippen molar-refractivity contribution in [1.82, 2.24) is 9.80 Å². The van der Waals surface area contributed by atoms with Crippen molar-refractivity contribution in [3.05, 3.63) is 29.8 Å². The molecule has 2 atom stereocenters. The second kappa shape index (κ2) is 6.16. The Labute approximate surface area is 126 Å². The zero-order valence-electron chi connectivity index (χ0n) is 12.9. The molecule has 4 heteroatoms. The van der Waals surface area contributed by atoms with Crippen molar-refractivity contribution in [2.24, 2.45) is 0 Å². The van der Waals surface area contributed by atoms with E-state index in [2.05, 4.69) is 16.7 Å². The summed E-state index contributed by atoms with van der Waals surface area (Å²) in [5.41, 5.74) is 0.775. The van der Waals surface area contributed by atoms with Gasteiger partial charge in [0.25, 0.3) is 0 Å². The number of methoxy groups -OCH3 is 1. The summed E-state index contributed by atoms with van der Waals surface area (Å²) in [4.78, 5) is 17.4. The molecule has 1 aromatic carbocycles. The SMILES string of the molecule is COc1ccc(C(=O)CN2CC3CCCN3CC2C)cc1. The molecule has 0 saturated carbocycles. The van der Waals surface area contributed by atoms with Crippen molar-refractivity contribution in [3.63, 3.8) is 0 Å². The van der Waals surface area contributed by atoms with E-state index in [1.807, 2.05) is 24.3 Å². The van der Waals surface area contributed by atoms with Crippen LogP contribution in [0.15, 0.2) is 24.3 Å². The number of ether oxygens (including phenoxy) is 1. The molecule has 0 aromatic heterocycles. The monoisotopic (exact) mass is 288 g/mol. The van der Waals surface area contributed by atoms with Crippen LogP contribution in [0.5, 0.6) is 5.75 Å². The van der Waals surface area contributed by atoms with Crippen molar-refractivity contribution in [3.8, 4) is 5.75 Å². The van der Waals surface area contributed by atoms with Gasteiger partial charge in [-0.3, -0.25) is 14.6 Å². The summed E-state index contributed by atoms with van der Waals surface area (Å²) in [6, 6.07) is 8.54. The highest BCUT2D eigenvalue weighted by molar-refractivity contribution is 5.97. The van der Waals surface area contributed by atoms with Crippen molar-refractivity contribution >= 4 is 5.78 Å². The van der Waals surface area contributed by atoms with Gasteiger partial charge < -0.3 is 4.74 Å². The Morgan fingerprint density at radius 1 is 1.29 bits per heavy atom. The summed E-state index contributed by atoms with van der Waals surface area (Å²) < 4.78 is 5.14. The lowest BCUT2D eigenvalue weighted by Gasteiger charge is -2.42. The molecule has 2 saturated heterocycles. The summed E-state index contributed by atoms with van der Waals surface area (Å²) in [5.74, 6) is 0.996. The molecule has 0 N–H and O–H groups in total. The topological polar surface area (TPSA) is 32.8 Å². The summed E-state index contributed by atoms with van der Waals surface area (Å²) in [7, 11) is 1.64. The minimum Gasteiger partial charge on any atom is -0.497 e. The van der Waals surface area contributed by atoms with Crippen LogP contribution in [0.2, 0.25) is 0 Å². The summed E-state index contributed by atoms with van der Waals surface area (Å²) in [6.45, 7) is 6.12. The van der Waals surface area contributed by atoms with Gasteiger partial charge in [-0.25, -0.2) is 0 Å². The number of hydrogen-bond donors (Lipinski definition) is 0. The molecule has 0 aliphatic carbocycles. The van der Waals surface area contributed by atoms with Gasteiger partial charge in [-0.2, -0.15) is 0 Å². The highest BCUT2D eigenvalue weighted by Gasteiger charge is 2.34. The van der Waals surface area contributed by atoms with Crippen LogP contribution < -0.4 is 4.74 Å². The van der Waals surface area contributed by atoms with E-state index in [4.69, 9.17) is 4.74 Å². The fraction of sp³-hybridized carbons (Fsp3) is 0.588. The fourth-order valence-corrected chi connectivity index (χ4v) is 3.52. The van der Waals surface area contributed by atoms with Gasteiger partial charge in [-0.1, -0.05) is 0 Å². The Hall–Kier alpha value is -1.39. The molecular weight excluding hydrogens is 264 g/mol. The Kier molecular flexibility index (Phi) is 4.27. The molecule has 21 heavy (non-hydrogen) atoms.